The van der Waals surface area contributed by atoms with Crippen molar-refractivity contribution in [1.82, 2.24) is 5.32 Å². The summed E-state index contributed by atoms with van der Waals surface area (Å²) in [6, 6.07) is 6.49. The number of hydrogen-bond acceptors (Lipinski definition) is 4. The number of anilines is 1. The fraction of sp³-hybridized carbons (Fsp3) is 0.300. The van der Waals surface area contributed by atoms with E-state index in [1.807, 2.05) is 0 Å². The molecular formula is C20H22F2N2O4. The number of amides is 2. The molecule has 1 atom stereocenters. The highest BCUT2D eigenvalue weighted by Crippen LogP contribution is 2.23. The maximum atomic E-state index is 13.8. The fourth-order valence-electron chi connectivity index (χ4n) is 2.50. The second-order valence-electron chi connectivity index (χ2n) is 6.41. The number of methoxy groups -OCH3 is 2. The van der Waals surface area contributed by atoms with Crippen LogP contribution in [0.15, 0.2) is 36.4 Å². The number of benzene rings is 2. The lowest BCUT2D eigenvalue weighted by molar-refractivity contribution is -0.118. The third-order valence-corrected chi connectivity index (χ3v) is 4.04. The van der Waals surface area contributed by atoms with E-state index in [1.165, 1.54) is 26.4 Å². The molecule has 0 heterocycles. The van der Waals surface area contributed by atoms with Gasteiger partial charge in [0.15, 0.2) is 0 Å². The summed E-state index contributed by atoms with van der Waals surface area (Å²) < 4.78 is 37.1. The zero-order valence-corrected chi connectivity index (χ0v) is 16.0. The SMILES string of the molecule is COc1cc(OC)cc(C(=O)N[C@@H](C(=O)Nc2ccc(F)cc2F)C(C)C)c1. The third-order valence-electron chi connectivity index (χ3n) is 4.04. The summed E-state index contributed by atoms with van der Waals surface area (Å²) >= 11 is 0. The molecule has 8 heteroatoms. The van der Waals surface area contributed by atoms with Crippen molar-refractivity contribution in [2.24, 2.45) is 5.92 Å². The molecule has 0 spiro atoms. The van der Waals surface area contributed by atoms with Crippen LogP contribution in [0.25, 0.3) is 0 Å². The topological polar surface area (TPSA) is 76.7 Å². The molecule has 2 rings (SSSR count). The van der Waals surface area contributed by atoms with Crippen molar-refractivity contribution in [3.8, 4) is 11.5 Å². The molecule has 2 aromatic rings. The van der Waals surface area contributed by atoms with E-state index in [0.717, 1.165) is 12.1 Å². The van der Waals surface area contributed by atoms with Crippen molar-refractivity contribution in [2.45, 2.75) is 19.9 Å². The summed E-state index contributed by atoms with van der Waals surface area (Å²) in [5.41, 5.74) is 0.0666. The monoisotopic (exact) mass is 392 g/mol. The Morgan fingerprint density at radius 1 is 0.964 bits per heavy atom. The number of nitrogens with one attached hydrogen (secondary N) is 2. The zero-order chi connectivity index (χ0) is 20.8. The Morgan fingerprint density at radius 3 is 2.07 bits per heavy atom. The Bertz CT molecular complexity index is 849. The molecule has 0 aliphatic carbocycles. The molecule has 0 aliphatic heterocycles. The Kier molecular flexibility index (Phi) is 6.92. The molecule has 0 saturated carbocycles. The quantitative estimate of drug-likeness (QED) is 0.758. The van der Waals surface area contributed by atoms with E-state index in [0.29, 0.717) is 17.6 Å². The van der Waals surface area contributed by atoms with Crippen LogP contribution >= 0.6 is 0 Å². The molecule has 0 aromatic heterocycles. The zero-order valence-electron chi connectivity index (χ0n) is 16.0. The molecule has 0 fully saturated rings. The summed E-state index contributed by atoms with van der Waals surface area (Å²) in [5.74, 6) is -2.25. The first-order chi connectivity index (χ1) is 13.2. The van der Waals surface area contributed by atoms with Gasteiger partial charge >= 0.3 is 0 Å². The van der Waals surface area contributed by atoms with E-state index in [4.69, 9.17) is 9.47 Å². The van der Waals surface area contributed by atoms with Gasteiger partial charge in [0.2, 0.25) is 5.91 Å². The molecule has 2 amide bonds. The lowest BCUT2D eigenvalue weighted by Gasteiger charge is -2.22. The summed E-state index contributed by atoms with van der Waals surface area (Å²) in [7, 11) is 2.91. The van der Waals surface area contributed by atoms with Crippen LogP contribution in [0.3, 0.4) is 0 Å². The van der Waals surface area contributed by atoms with E-state index in [-0.39, 0.29) is 17.2 Å². The van der Waals surface area contributed by atoms with Gasteiger partial charge in [-0.2, -0.15) is 0 Å². The lowest BCUT2D eigenvalue weighted by Crippen LogP contribution is -2.47. The molecule has 2 aromatic carbocycles. The van der Waals surface area contributed by atoms with Crippen LogP contribution in [-0.2, 0) is 4.79 Å². The molecule has 28 heavy (non-hydrogen) atoms. The molecule has 2 N–H and O–H groups in total. The van der Waals surface area contributed by atoms with E-state index < -0.39 is 29.5 Å². The van der Waals surface area contributed by atoms with Crippen LogP contribution in [0.5, 0.6) is 11.5 Å². The van der Waals surface area contributed by atoms with Crippen LogP contribution in [0.4, 0.5) is 14.5 Å². The first-order valence-electron chi connectivity index (χ1n) is 8.55. The smallest absolute Gasteiger partial charge is 0.252 e. The second-order valence-corrected chi connectivity index (χ2v) is 6.41. The van der Waals surface area contributed by atoms with Gasteiger partial charge in [0, 0.05) is 17.7 Å². The molecule has 0 radical (unpaired) electrons. The molecule has 150 valence electrons. The van der Waals surface area contributed by atoms with Crippen molar-refractivity contribution >= 4 is 17.5 Å². The number of hydrogen-bond donors (Lipinski definition) is 2. The molecule has 0 aliphatic rings. The predicted molar refractivity (Wildman–Crippen MR) is 101 cm³/mol. The van der Waals surface area contributed by atoms with E-state index >= 15 is 0 Å². The Balaban J connectivity index is 2.20. The Labute approximate surface area is 161 Å². The molecule has 0 bridgehead atoms. The van der Waals surface area contributed by atoms with Gasteiger partial charge in [-0.05, 0) is 30.2 Å². The van der Waals surface area contributed by atoms with E-state index in [9.17, 15) is 18.4 Å². The average molecular weight is 392 g/mol. The number of carbonyl (C=O) groups excluding carboxylic acids is 2. The maximum absolute atomic E-state index is 13.8. The standard InChI is InChI=1S/C20H22F2N2O4/c1-11(2)18(20(26)23-17-6-5-13(21)9-16(17)22)24-19(25)12-7-14(27-3)10-15(8-12)28-4/h5-11,18H,1-4H3,(H,23,26)(H,24,25)/t18-/m1/s1. The second kappa shape index (κ2) is 9.16. The third kappa shape index (κ3) is 5.18. The summed E-state index contributed by atoms with van der Waals surface area (Å²) in [6.45, 7) is 3.47. The predicted octanol–water partition coefficient (Wildman–Crippen LogP) is 3.38. The van der Waals surface area contributed by atoms with Gasteiger partial charge in [0.05, 0.1) is 19.9 Å². The number of ether oxygens (including phenoxy) is 2. The van der Waals surface area contributed by atoms with Gasteiger partial charge in [-0.3, -0.25) is 9.59 Å². The Hall–Kier alpha value is -3.16. The van der Waals surface area contributed by atoms with Gasteiger partial charge < -0.3 is 20.1 Å². The van der Waals surface area contributed by atoms with E-state index in [1.54, 1.807) is 19.9 Å². The maximum Gasteiger partial charge on any atom is 0.252 e. The highest BCUT2D eigenvalue weighted by atomic mass is 19.1. The molecule has 0 unspecified atom stereocenters. The average Bonchev–Trinajstić information content (AvgIpc) is 2.67. The summed E-state index contributed by atoms with van der Waals surface area (Å²) in [6.07, 6.45) is 0. The van der Waals surface area contributed by atoms with Crippen molar-refractivity contribution < 1.29 is 27.8 Å². The number of halogens is 2. The number of carbonyl (C=O) groups is 2. The molecule has 6 nitrogen and oxygen atoms in total. The number of rotatable bonds is 7. The summed E-state index contributed by atoms with van der Waals surface area (Å²) in [5, 5.41) is 5.00. The van der Waals surface area contributed by atoms with Gasteiger partial charge in [-0.15, -0.1) is 0 Å². The van der Waals surface area contributed by atoms with Crippen molar-refractivity contribution in [2.75, 3.05) is 19.5 Å². The van der Waals surface area contributed by atoms with Gasteiger partial charge in [-0.1, -0.05) is 13.8 Å². The Morgan fingerprint density at radius 2 is 1.57 bits per heavy atom. The fourth-order valence-corrected chi connectivity index (χ4v) is 2.50. The highest BCUT2D eigenvalue weighted by molar-refractivity contribution is 6.01. The van der Waals surface area contributed by atoms with Crippen molar-refractivity contribution in [3.05, 3.63) is 53.6 Å². The van der Waals surface area contributed by atoms with Gasteiger partial charge in [0.1, 0.15) is 29.2 Å². The minimum Gasteiger partial charge on any atom is -0.497 e. The van der Waals surface area contributed by atoms with Gasteiger partial charge in [-0.25, -0.2) is 8.78 Å². The van der Waals surface area contributed by atoms with Gasteiger partial charge in [0.25, 0.3) is 5.91 Å². The normalized spacial score (nSPS) is 11.7. The minimum atomic E-state index is -0.950. The van der Waals surface area contributed by atoms with Crippen LogP contribution < -0.4 is 20.1 Å². The van der Waals surface area contributed by atoms with Crippen LogP contribution in [0, 0.1) is 17.6 Å². The van der Waals surface area contributed by atoms with Crippen LogP contribution in [0.1, 0.15) is 24.2 Å². The molecular weight excluding hydrogens is 370 g/mol. The first-order valence-corrected chi connectivity index (χ1v) is 8.55. The summed E-state index contributed by atoms with van der Waals surface area (Å²) in [4.78, 5) is 25.2. The van der Waals surface area contributed by atoms with Crippen LogP contribution in [-0.4, -0.2) is 32.1 Å². The minimum absolute atomic E-state index is 0.172. The highest BCUT2D eigenvalue weighted by Gasteiger charge is 2.26. The molecule has 0 saturated heterocycles. The van der Waals surface area contributed by atoms with Crippen LogP contribution in [0.2, 0.25) is 0 Å². The van der Waals surface area contributed by atoms with Crippen molar-refractivity contribution in [3.63, 3.8) is 0 Å². The lowest BCUT2D eigenvalue weighted by atomic mass is 10.0. The van der Waals surface area contributed by atoms with E-state index in [2.05, 4.69) is 10.6 Å². The van der Waals surface area contributed by atoms with Crippen molar-refractivity contribution in [1.29, 1.82) is 0 Å². The first kappa shape index (κ1) is 21.1. The largest absolute Gasteiger partial charge is 0.497 e.